The molecule has 1 saturated heterocycles. The lowest BCUT2D eigenvalue weighted by Gasteiger charge is -2.26. The normalized spacial score (nSPS) is 17.4. The molecule has 1 heterocycles. The van der Waals surface area contributed by atoms with E-state index < -0.39 is 17.7 Å². The van der Waals surface area contributed by atoms with E-state index in [9.17, 15) is 19.1 Å². The molecule has 5 nitrogen and oxygen atoms in total. The molecule has 1 aliphatic heterocycles. The highest BCUT2D eigenvalue weighted by molar-refractivity contribution is 6.46. The van der Waals surface area contributed by atoms with Gasteiger partial charge in [-0.2, -0.15) is 0 Å². The Balaban J connectivity index is 1.84. The lowest BCUT2D eigenvalue weighted by Crippen LogP contribution is -2.29. The molecule has 1 atom stereocenters. The van der Waals surface area contributed by atoms with Gasteiger partial charge in [0.2, 0.25) is 0 Å². The number of amides is 1. The first kappa shape index (κ1) is 26.1. The summed E-state index contributed by atoms with van der Waals surface area (Å²) in [4.78, 5) is 28.1. The lowest BCUT2D eigenvalue weighted by atomic mass is 9.85. The molecule has 0 saturated carbocycles. The third kappa shape index (κ3) is 5.29. The SMILES string of the molecule is CCOc1ccc(/C(O)=C2/C(=O)C(=O)N(Cc3ccc(F)cc3)C2c2ccc(C(C)(C)C)cc2)cc1C. The van der Waals surface area contributed by atoms with Gasteiger partial charge in [-0.1, -0.05) is 57.2 Å². The Labute approximate surface area is 217 Å². The number of carbonyl (C=O) groups is 2. The highest BCUT2D eigenvalue weighted by atomic mass is 19.1. The number of hydrogen-bond acceptors (Lipinski definition) is 4. The second kappa shape index (κ2) is 10.2. The fourth-order valence-electron chi connectivity index (χ4n) is 4.61. The molecule has 192 valence electrons. The first-order valence-corrected chi connectivity index (χ1v) is 12.4. The zero-order chi connectivity index (χ0) is 26.9. The molecule has 0 bridgehead atoms. The smallest absolute Gasteiger partial charge is 0.295 e. The molecular weight excluding hydrogens is 469 g/mol. The maximum atomic E-state index is 13.5. The molecule has 0 aliphatic carbocycles. The van der Waals surface area contributed by atoms with Crippen molar-refractivity contribution >= 4 is 17.4 Å². The van der Waals surface area contributed by atoms with Gasteiger partial charge in [0.05, 0.1) is 18.2 Å². The van der Waals surface area contributed by atoms with Crippen molar-refractivity contribution in [2.45, 2.75) is 52.6 Å². The van der Waals surface area contributed by atoms with E-state index in [0.29, 0.717) is 29.0 Å². The Hall–Kier alpha value is -3.93. The van der Waals surface area contributed by atoms with Crippen molar-refractivity contribution in [3.63, 3.8) is 0 Å². The van der Waals surface area contributed by atoms with Crippen LogP contribution >= 0.6 is 0 Å². The van der Waals surface area contributed by atoms with Gasteiger partial charge in [-0.05, 0) is 71.8 Å². The predicted molar refractivity (Wildman–Crippen MR) is 142 cm³/mol. The summed E-state index contributed by atoms with van der Waals surface area (Å²) >= 11 is 0. The topological polar surface area (TPSA) is 66.8 Å². The molecule has 3 aromatic carbocycles. The number of hydrogen-bond donors (Lipinski definition) is 1. The molecule has 0 aromatic heterocycles. The first-order chi connectivity index (χ1) is 17.5. The molecule has 3 aromatic rings. The number of likely N-dealkylation sites (tertiary alicyclic amines) is 1. The van der Waals surface area contributed by atoms with E-state index in [0.717, 1.165) is 11.1 Å². The van der Waals surface area contributed by atoms with Crippen LogP contribution in [0.3, 0.4) is 0 Å². The lowest BCUT2D eigenvalue weighted by molar-refractivity contribution is -0.140. The van der Waals surface area contributed by atoms with E-state index in [1.165, 1.54) is 17.0 Å². The maximum absolute atomic E-state index is 13.5. The van der Waals surface area contributed by atoms with Crippen LogP contribution in [0, 0.1) is 12.7 Å². The van der Waals surface area contributed by atoms with Gasteiger partial charge < -0.3 is 14.7 Å². The fraction of sp³-hybridized carbons (Fsp3) is 0.290. The van der Waals surface area contributed by atoms with E-state index in [-0.39, 0.29) is 29.1 Å². The van der Waals surface area contributed by atoms with Crippen molar-refractivity contribution in [3.05, 3.63) is 106 Å². The number of aliphatic hydroxyl groups excluding tert-OH is 1. The summed E-state index contributed by atoms with van der Waals surface area (Å²) in [7, 11) is 0. The van der Waals surface area contributed by atoms with Crippen LogP contribution in [0.5, 0.6) is 5.75 Å². The van der Waals surface area contributed by atoms with Crippen molar-refractivity contribution in [2.75, 3.05) is 6.61 Å². The third-order valence-electron chi connectivity index (χ3n) is 6.65. The minimum Gasteiger partial charge on any atom is -0.507 e. The van der Waals surface area contributed by atoms with Crippen LogP contribution in [0.1, 0.15) is 61.6 Å². The highest BCUT2D eigenvalue weighted by Crippen LogP contribution is 2.41. The third-order valence-corrected chi connectivity index (χ3v) is 6.65. The molecule has 1 fully saturated rings. The summed E-state index contributed by atoms with van der Waals surface area (Å²) in [5, 5.41) is 11.4. The Morgan fingerprint density at radius 2 is 1.65 bits per heavy atom. The minimum atomic E-state index is -0.800. The number of rotatable bonds is 6. The number of ketones is 1. The zero-order valence-electron chi connectivity index (χ0n) is 21.8. The molecule has 1 aliphatic rings. The molecule has 4 rings (SSSR count). The highest BCUT2D eigenvalue weighted by Gasteiger charge is 2.46. The molecular formula is C31H32FNO4. The van der Waals surface area contributed by atoms with E-state index in [2.05, 4.69) is 20.8 Å². The van der Waals surface area contributed by atoms with Crippen LogP contribution in [0.15, 0.2) is 72.3 Å². The second-order valence-corrected chi connectivity index (χ2v) is 10.3. The monoisotopic (exact) mass is 501 g/mol. The summed E-state index contributed by atoms with van der Waals surface area (Å²) in [5.74, 6) is -1.40. The molecule has 0 radical (unpaired) electrons. The molecule has 0 spiro atoms. The fourth-order valence-corrected chi connectivity index (χ4v) is 4.61. The van der Waals surface area contributed by atoms with E-state index in [1.807, 2.05) is 38.1 Å². The van der Waals surface area contributed by atoms with Gasteiger partial charge in [-0.3, -0.25) is 9.59 Å². The number of benzene rings is 3. The Kier molecular flexibility index (Phi) is 7.21. The Morgan fingerprint density at radius 1 is 1.00 bits per heavy atom. The number of halogens is 1. The van der Waals surface area contributed by atoms with E-state index in [1.54, 1.807) is 30.3 Å². The predicted octanol–water partition coefficient (Wildman–Crippen LogP) is 6.45. The first-order valence-electron chi connectivity index (χ1n) is 12.4. The van der Waals surface area contributed by atoms with E-state index >= 15 is 0 Å². The molecule has 6 heteroatoms. The maximum Gasteiger partial charge on any atom is 0.295 e. The van der Waals surface area contributed by atoms with Crippen molar-refractivity contribution in [1.29, 1.82) is 0 Å². The molecule has 1 amide bonds. The van der Waals surface area contributed by atoms with Crippen LogP contribution in [0.4, 0.5) is 4.39 Å². The largest absolute Gasteiger partial charge is 0.507 e. The van der Waals surface area contributed by atoms with Crippen molar-refractivity contribution in [3.8, 4) is 5.75 Å². The average molecular weight is 502 g/mol. The number of carbonyl (C=O) groups excluding carboxylic acids is 2. The molecule has 1 unspecified atom stereocenters. The van der Waals surface area contributed by atoms with Gasteiger partial charge in [-0.25, -0.2) is 4.39 Å². The minimum absolute atomic E-state index is 0.0270. The molecule has 37 heavy (non-hydrogen) atoms. The van der Waals surface area contributed by atoms with Crippen molar-refractivity contribution < 1.29 is 23.8 Å². The number of ether oxygens (including phenoxy) is 1. The Morgan fingerprint density at radius 3 is 2.22 bits per heavy atom. The standard InChI is InChI=1S/C31H32FNO4/c1-6-37-25-16-11-22(17-19(25)2)28(34)26-27(21-9-12-23(13-10-21)31(3,4)5)33(30(36)29(26)35)18-20-7-14-24(32)15-8-20/h7-17,27,34H,6,18H2,1-5H3/b28-26-. The van der Waals surface area contributed by atoms with Crippen LogP contribution in [0.25, 0.3) is 5.76 Å². The van der Waals surface area contributed by atoms with Crippen LogP contribution in [0.2, 0.25) is 0 Å². The van der Waals surface area contributed by atoms with Crippen molar-refractivity contribution in [2.24, 2.45) is 0 Å². The van der Waals surface area contributed by atoms with Gasteiger partial charge in [0.1, 0.15) is 17.3 Å². The summed E-state index contributed by atoms with van der Waals surface area (Å²) in [6, 6.07) is 17.9. The zero-order valence-corrected chi connectivity index (χ0v) is 21.8. The van der Waals surface area contributed by atoms with Crippen molar-refractivity contribution in [1.82, 2.24) is 4.90 Å². The quantitative estimate of drug-likeness (QED) is 0.239. The summed E-state index contributed by atoms with van der Waals surface area (Å²) in [6.45, 7) is 10.7. The van der Waals surface area contributed by atoms with Gasteiger partial charge in [0, 0.05) is 12.1 Å². The van der Waals surface area contributed by atoms with Crippen LogP contribution < -0.4 is 4.74 Å². The Bertz CT molecular complexity index is 1350. The van der Waals surface area contributed by atoms with Gasteiger partial charge in [0.25, 0.3) is 11.7 Å². The van der Waals surface area contributed by atoms with Gasteiger partial charge >= 0.3 is 0 Å². The number of aryl methyl sites for hydroxylation is 1. The number of nitrogens with zero attached hydrogens (tertiary/aromatic N) is 1. The summed E-state index contributed by atoms with van der Waals surface area (Å²) < 4.78 is 19.1. The number of aliphatic hydroxyl groups is 1. The second-order valence-electron chi connectivity index (χ2n) is 10.3. The summed E-state index contributed by atoms with van der Waals surface area (Å²) in [6.07, 6.45) is 0. The van der Waals surface area contributed by atoms with E-state index in [4.69, 9.17) is 4.74 Å². The average Bonchev–Trinajstić information content (AvgIpc) is 3.10. The van der Waals surface area contributed by atoms with Gasteiger partial charge in [0.15, 0.2) is 0 Å². The molecule has 1 N–H and O–H groups in total. The summed E-state index contributed by atoms with van der Waals surface area (Å²) in [5.41, 5.74) is 3.67. The number of Topliss-reactive ketones (excluding diaryl/α,β-unsaturated/α-hetero) is 1. The van der Waals surface area contributed by atoms with Gasteiger partial charge in [-0.15, -0.1) is 0 Å². The van der Waals surface area contributed by atoms with Crippen LogP contribution in [-0.2, 0) is 21.5 Å². The van der Waals surface area contributed by atoms with Crippen LogP contribution in [-0.4, -0.2) is 28.3 Å².